The lowest BCUT2D eigenvalue weighted by Crippen LogP contribution is -2.41. The molecule has 0 saturated carbocycles. The zero-order valence-corrected chi connectivity index (χ0v) is 15.5. The fraction of sp³-hybridized carbons (Fsp3) is 0.350. The third kappa shape index (κ3) is 3.72. The van der Waals surface area contributed by atoms with Crippen LogP contribution in [0.1, 0.15) is 25.3 Å². The Morgan fingerprint density at radius 1 is 1.39 bits per heavy atom. The molecule has 0 spiro atoms. The molecule has 1 aliphatic rings. The second-order valence-electron chi connectivity index (χ2n) is 6.40. The molecule has 2 aromatic rings. The van der Waals surface area contributed by atoms with Gasteiger partial charge >= 0.3 is 5.97 Å². The normalized spacial score (nSPS) is 16.1. The first kappa shape index (κ1) is 19.1. The van der Waals surface area contributed by atoms with Crippen molar-refractivity contribution >= 4 is 23.5 Å². The lowest BCUT2D eigenvalue weighted by molar-refractivity contribution is -0.148. The van der Waals surface area contributed by atoms with Crippen molar-refractivity contribution in [3.05, 3.63) is 45.9 Å². The van der Waals surface area contributed by atoms with E-state index in [9.17, 15) is 9.59 Å². The van der Waals surface area contributed by atoms with E-state index in [2.05, 4.69) is 4.98 Å². The summed E-state index contributed by atoms with van der Waals surface area (Å²) in [4.78, 5) is 31.6. The number of nitrogens with zero attached hydrogens (tertiary/aromatic N) is 5. The Kier molecular flexibility index (Phi) is 5.71. The van der Waals surface area contributed by atoms with Crippen LogP contribution in [0.5, 0.6) is 0 Å². The number of esters is 1. The van der Waals surface area contributed by atoms with Crippen LogP contribution in [-0.2, 0) is 9.53 Å². The number of aromatic nitrogens is 2. The number of fused-ring (bicyclic) bond motifs is 1. The highest BCUT2D eigenvalue weighted by Gasteiger charge is 2.29. The van der Waals surface area contributed by atoms with Crippen LogP contribution in [0.15, 0.2) is 34.8 Å². The summed E-state index contributed by atoms with van der Waals surface area (Å²) in [6, 6.07) is 8.75. The molecule has 0 aliphatic carbocycles. The second kappa shape index (κ2) is 8.36. The summed E-state index contributed by atoms with van der Waals surface area (Å²) in [5.41, 5.74) is 0.0523. The molecule has 0 amide bonds. The SMILES string of the molecule is CCOC(=O)[C@@H]1CCCN(c2nc3ccccn3c(=O)c2C=C(C#N)C#N)C1. The van der Waals surface area contributed by atoms with E-state index in [-0.39, 0.29) is 28.6 Å². The van der Waals surface area contributed by atoms with Gasteiger partial charge in [0.25, 0.3) is 5.56 Å². The molecule has 1 saturated heterocycles. The highest BCUT2D eigenvalue weighted by molar-refractivity contribution is 5.75. The number of piperidine rings is 1. The van der Waals surface area contributed by atoms with Crippen LogP contribution < -0.4 is 10.5 Å². The quantitative estimate of drug-likeness (QED) is 0.591. The van der Waals surface area contributed by atoms with Crippen molar-refractivity contribution in [3.63, 3.8) is 0 Å². The van der Waals surface area contributed by atoms with E-state index in [1.165, 1.54) is 10.5 Å². The number of hydrogen-bond acceptors (Lipinski definition) is 7. The van der Waals surface area contributed by atoms with Crippen molar-refractivity contribution in [1.29, 1.82) is 10.5 Å². The van der Waals surface area contributed by atoms with Gasteiger partial charge in [0, 0.05) is 19.3 Å². The summed E-state index contributed by atoms with van der Waals surface area (Å²) in [7, 11) is 0. The maximum absolute atomic E-state index is 13.0. The number of nitriles is 2. The Bertz CT molecular complexity index is 1060. The molecule has 28 heavy (non-hydrogen) atoms. The van der Waals surface area contributed by atoms with Gasteiger partial charge in [0.1, 0.15) is 29.2 Å². The number of rotatable bonds is 4. The average molecular weight is 377 g/mol. The predicted octanol–water partition coefficient (Wildman–Crippen LogP) is 1.90. The Morgan fingerprint density at radius 2 is 2.18 bits per heavy atom. The van der Waals surface area contributed by atoms with Crippen molar-refractivity contribution in [3.8, 4) is 12.1 Å². The fourth-order valence-electron chi connectivity index (χ4n) is 3.31. The van der Waals surface area contributed by atoms with Crippen LogP contribution in [0.25, 0.3) is 11.7 Å². The van der Waals surface area contributed by atoms with E-state index >= 15 is 0 Å². The third-order valence-corrected chi connectivity index (χ3v) is 4.62. The largest absolute Gasteiger partial charge is 0.466 e. The van der Waals surface area contributed by atoms with Gasteiger partial charge in [-0.15, -0.1) is 0 Å². The number of pyridine rings is 1. The van der Waals surface area contributed by atoms with Gasteiger partial charge < -0.3 is 9.64 Å². The Labute approximate surface area is 161 Å². The number of hydrogen-bond donors (Lipinski definition) is 0. The van der Waals surface area contributed by atoms with Crippen molar-refractivity contribution < 1.29 is 9.53 Å². The summed E-state index contributed by atoms with van der Waals surface area (Å²) >= 11 is 0. The van der Waals surface area contributed by atoms with Crippen LogP contribution in [0.2, 0.25) is 0 Å². The van der Waals surface area contributed by atoms with Crippen molar-refractivity contribution in [2.75, 3.05) is 24.6 Å². The van der Waals surface area contributed by atoms with E-state index < -0.39 is 0 Å². The van der Waals surface area contributed by atoms with E-state index in [1.54, 1.807) is 43.5 Å². The first-order chi connectivity index (χ1) is 13.6. The third-order valence-electron chi connectivity index (χ3n) is 4.62. The summed E-state index contributed by atoms with van der Waals surface area (Å²) in [6.07, 6.45) is 4.29. The number of carbonyl (C=O) groups is 1. The molecular weight excluding hydrogens is 358 g/mol. The molecule has 0 aromatic carbocycles. The lowest BCUT2D eigenvalue weighted by Gasteiger charge is -2.33. The highest BCUT2D eigenvalue weighted by Crippen LogP contribution is 2.26. The molecule has 3 rings (SSSR count). The van der Waals surface area contributed by atoms with Gasteiger partial charge in [0.2, 0.25) is 0 Å². The standard InChI is InChI=1S/C20H19N5O3/c1-2-28-20(27)15-6-5-8-24(13-15)18-16(10-14(11-21)12-22)19(26)25-9-4-3-7-17(25)23-18/h3-4,7,9-10,15H,2,5-6,8,13H2,1H3/t15-/m1/s1. The molecule has 0 bridgehead atoms. The number of carbonyl (C=O) groups excluding carboxylic acids is 1. The van der Waals surface area contributed by atoms with Crippen LogP contribution >= 0.6 is 0 Å². The van der Waals surface area contributed by atoms with E-state index in [0.29, 0.717) is 37.6 Å². The van der Waals surface area contributed by atoms with E-state index in [4.69, 9.17) is 15.3 Å². The topological polar surface area (TPSA) is 111 Å². The molecule has 8 heteroatoms. The predicted molar refractivity (Wildman–Crippen MR) is 102 cm³/mol. The minimum absolute atomic E-state index is 0.159. The molecule has 142 valence electrons. The number of ether oxygens (including phenoxy) is 1. The smallest absolute Gasteiger partial charge is 0.310 e. The first-order valence-electron chi connectivity index (χ1n) is 9.04. The molecule has 8 nitrogen and oxygen atoms in total. The molecule has 0 unspecified atom stereocenters. The highest BCUT2D eigenvalue weighted by atomic mass is 16.5. The van der Waals surface area contributed by atoms with E-state index in [0.717, 1.165) is 6.42 Å². The van der Waals surface area contributed by atoms with Crippen molar-refractivity contribution in [1.82, 2.24) is 9.38 Å². The minimum Gasteiger partial charge on any atom is -0.466 e. The van der Waals surface area contributed by atoms with Gasteiger partial charge in [-0.05, 0) is 38.0 Å². The zero-order valence-electron chi connectivity index (χ0n) is 15.5. The number of anilines is 1. The van der Waals surface area contributed by atoms with Gasteiger partial charge in [-0.3, -0.25) is 14.0 Å². The molecule has 0 N–H and O–H groups in total. The summed E-state index contributed by atoms with van der Waals surface area (Å²) < 4.78 is 6.51. The first-order valence-corrected chi connectivity index (χ1v) is 9.04. The van der Waals surface area contributed by atoms with Crippen LogP contribution in [-0.4, -0.2) is 35.1 Å². The minimum atomic E-state index is -0.373. The molecule has 1 atom stereocenters. The molecule has 3 heterocycles. The molecular formula is C20H19N5O3. The van der Waals surface area contributed by atoms with Crippen LogP contribution in [0.4, 0.5) is 5.82 Å². The Morgan fingerprint density at radius 3 is 2.89 bits per heavy atom. The van der Waals surface area contributed by atoms with Gasteiger partial charge in [0.15, 0.2) is 0 Å². The maximum Gasteiger partial charge on any atom is 0.310 e. The van der Waals surface area contributed by atoms with Gasteiger partial charge in [0.05, 0.1) is 18.1 Å². The van der Waals surface area contributed by atoms with Gasteiger partial charge in [-0.1, -0.05) is 6.07 Å². The Hall–Kier alpha value is -3.65. The van der Waals surface area contributed by atoms with Crippen molar-refractivity contribution in [2.45, 2.75) is 19.8 Å². The Balaban J connectivity index is 2.12. The monoisotopic (exact) mass is 377 g/mol. The average Bonchev–Trinajstić information content (AvgIpc) is 2.73. The van der Waals surface area contributed by atoms with Crippen LogP contribution in [0.3, 0.4) is 0 Å². The number of allylic oxidation sites excluding steroid dienone is 1. The molecule has 0 radical (unpaired) electrons. The summed E-state index contributed by atoms with van der Waals surface area (Å²) in [5, 5.41) is 18.2. The fourth-order valence-corrected chi connectivity index (χ4v) is 3.31. The van der Waals surface area contributed by atoms with Crippen LogP contribution in [0, 0.1) is 28.6 Å². The zero-order chi connectivity index (χ0) is 20.1. The van der Waals surface area contributed by atoms with Crippen molar-refractivity contribution in [2.24, 2.45) is 5.92 Å². The second-order valence-corrected chi connectivity index (χ2v) is 6.40. The molecule has 1 aliphatic heterocycles. The van der Waals surface area contributed by atoms with Gasteiger partial charge in [-0.25, -0.2) is 4.98 Å². The summed E-state index contributed by atoms with van der Waals surface area (Å²) in [6.45, 7) is 3.05. The lowest BCUT2D eigenvalue weighted by atomic mass is 9.97. The summed E-state index contributed by atoms with van der Waals surface area (Å²) in [5.74, 6) is -0.210. The van der Waals surface area contributed by atoms with Gasteiger partial charge in [-0.2, -0.15) is 10.5 Å². The molecule has 2 aromatic heterocycles. The molecule has 1 fully saturated rings. The van der Waals surface area contributed by atoms with E-state index in [1.807, 2.05) is 4.90 Å². The maximum atomic E-state index is 13.0.